The molecule has 3 aliphatic rings. The van der Waals surface area contributed by atoms with Crippen LogP contribution in [0.1, 0.15) is 58.3 Å². The molecule has 3 saturated heterocycles. The van der Waals surface area contributed by atoms with Crippen LogP contribution < -0.4 is 0 Å². The molecular weight excluding hydrogens is 358 g/mol. The second-order valence-corrected chi connectivity index (χ2v) is 8.42. The van der Waals surface area contributed by atoms with Crippen LogP contribution >= 0.6 is 0 Å². The molecule has 0 bridgehead atoms. The third kappa shape index (κ3) is 5.69. The number of likely N-dealkylation sites (tertiary alicyclic amines) is 2. The van der Waals surface area contributed by atoms with Crippen molar-refractivity contribution in [1.82, 2.24) is 14.7 Å². The van der Waals surface area contributed by atoms with Crippen molar-refractivity contribution in [2.45, 2.75) is 64.3 Å². The van der Waals surface area contributed by atoms with Crippen LogP contribution in [-0.4, -0.2) is 84.4 Å². The summed E-state index contributed by atoms with van der Waals surface area (Å²) in [4.78, 5) is 42.4. The Balaban J connectivity index is 1.51. The predicted octanol–water partition coefficient (Wildman–Crippen LogP) is 1.66. The Morgan fingerprint density at radius 3 is 2.43 bits per heavy atom. The second-order valence-electron chi connectivity index (χ2n) is 8.42. The zero-order chi connectivity index (χ0) is 19.9. The van der Waals surface area contributed by atoms with Gasteiger partial charge in [0, 0.05) is 71.7 Å². The van der Waals surface area contributed by atoms with E-state index in [2.05, 4.69) is 4.90 Å². The molecule has 0 aromatic heterocycles. The standard InChI is InChI=1S/C21H35N3O4/c1-17(25)22-12-5-18(6-13-22)16-21(27)24(19-7-14-28-15-8-19)11-3-10-23-9-2-4-20(23)26/h18-19H,2-16H2,1H3. The number of hydrogen-bond acceptors (Lipinski definition) is 4. The van der Waals surface area contributed by atoms with Gasteiger partial charge < -0.3 is 19.4 Å². The van der Waals surface area contributed by atoms with Gasteiger partial charge in [0.05, 0.1) is 0 Å². The van der Waals surface area contributed by atoms with Crippen molar-refractivity contribution in [2.24, 2.45) is 5.92 Å². The topological polar surface area (TPSA) is 70.2 Å². The van der Waals surface area contributed by atoms with Gasteiger partial charge in [0.25, 0.3) is 0 Å². The van der Waals surface area contributed by atoms with Gasteiger partial charge in [-0.2, -0.15) is 0 Å². The number of carbonyl (C=O) groups is 3. The first-order chi connectivity index (χ1) is 13.5. The molecule has 0 aromatic carbocycles. The highest BCUT2D eigenvalue weighted by atomic mass is 16.5. The molecule has 0 atom stereocenters. The van der Waals surface area contributed by atoms with Crippen molar-refractivity contribution in [2.75, 3.05) is 45.9 Å². The lowest BCUT2D eigenvalue weighted by atomic mass is 9.92. The van der Waals surface area contributed by atoms with Crippen LogP contribution in [-0.2, 0) is 19.1 Å². The lowest BCUT2D eigenvalue weighted by molar-refractivity contribution is -0.137. The number of nitrogens with zero attached hydrogens (tertiary/aromatic N) is 3. The van der Waals surface area contributed by atoms with Crippen molar-refractivity contribution in [1.29, 1.82) is 0 Å². The quantitative estimate of drug-likeness (QED) is 0.660. The number of ether oxygens (including phenoxy) is 1. The molecule has 3 rings (SSSR count). The average molecular weight is 394 g/mol. The third-order valence-corrected chi connectivity index (χ3v) is 6.47. The molecule has 0 aliphatic carbocycles. The predicted molar refractivity (Wildman–Crippen MR) is 106 cm³/mol. The van der Waals surface area contributed by atoms with E-state index in [0.717, 1.165) is 84.5 Å². The summed E-state index contributed by atoms with van der Waals surface area (Å²) in [5, 5.41) is 0. The van der Waals surface area contributed by atoms with Gasteiger partial charge in [-0.3, -0.25) is 14.4 Å². The molecule has 0 spiro atoms. The summed E-state index contributed by atoms with van der Waals surface area (Å²) in [6.07, 6.45) is 6.67. The molecule has 28 heavy (non-hydrogen) atoms. The molecule has 0 saturated carbocycles. The van der Waals surface area contributed by atoms with Crippen LogP contribution in [0.3, 0.4) is 0 Å². The number of carbonyl (C=O) groups excluding carboxylic acids is 3. The first-order valence-corrected chi connectivity index (χ1v) is 10.9. The SMILES string of the molecule is CC(=O)N1CCC(CC(=O)N(CCCN2CCCC2=O)C2CCOCC2)CC1. The van der Waals surface area contributed by atoms with Crippen LogP contribution in [0.4, 0.5) is 0 Å². The fourth-order valence-electron chi connectivity index (χ4n) is 4.70. The second kappa shape index (κ2) is 10.2. The minimum atomic E-state index is 0.130. The van der Waals surface area contributed by atoms with Crippen molar-refractivity contribution < 1.29 is 19.1 Å². The number of piperidine rings is 1. The average Bonchev–Trinajstić information content (AvgIpc) is 3.11. The molecule has 7 heteroatoms. The molecule has 7 nitrogen and oxygen atoms in total. The Hall–Kier alpha value is -1.63. The fraction of sp³-hybridized carbons (Fsp3) is 0.857. The smallest absolute Gasteiger partial charge is 0.223 e. The molecule has 0 radical (unpaired) electrons. The summed E-state index contributed by atoms with van der Waals surface area (Å²) in [6.45, 7) is 6.92. The molecule has 3 heterocycles. The summed E-state index contributed by atoms with van der Waals surface area (Å²) in [5.41, 5.74) is 0. The third-order valence-electron chi connectivity index (χ3n) is 6.47. The Morgan fingerprint density at radius 2 is 1.82 bits per heavy atom. The van der Waals surface area contributed by atoms with Crippen LogP contribution in [0.2, 0.25) is 0 Å². The van der Waals surface area contributed by atoms with E-state index in [1.165, 1.54) is 0 Å². The number of hydrogen-bond donors (Lipinski definition) is 0. The Kier molecular flexibility index (Phi) is 7.71. The minimum absolute atomic E-state index is 0.130. The van der Waals surface area contributed by atoms with Gasteiger partial charge in [0.15, 0.2) is 0 Å². The molecule has 0 N–H and O–H groups in total. The fourth-order valence-corrected chi connectivity index (χ4v) is 4.70. The van der Waals surface area contributed by atoms with Gasteiger partial charge >= 0.3 is 0 Å². The monoisotopic (exact) mass is 393 g/mol. The zero-order valence-corrected chi connectivity index (χ0v) is 17.2. The van der Waals surface area contributed by atoms with Gasteiger partial charge in [-0.05, 0) is 44.4 Å². The van der Waals surface area contributed by atoms with E-state index in [-0.39, 0.29) is 23.8 Å². The normalized spacial score (nSPS) is 22.0. The highest BCUT2D eigenvalue weighted by Gasteiger charge is 2.29. The van der Waals surface area contributed by atoms with Gasteiger partial charge in [-0.1, -0.05) is 0 Å². The molecule has 0 aromatic rings. The van der Waals surface area contributed by atoms with Crippen molar-refractivity contribution in [3.8, 4) is 0 Å². The lowest BCUT2D eigenvalue weighted by Gasteiger charge is -2.37. The molecule has 158 valence electrons. The molecular formula is C21H35N3O4. The first-order valence-electron chi connectivity index (χ1n) is 10.9. The highest BCUT2D eigenvalue weighted by molar-refractivity contribution is 5.78. The van der Waals surface area contributed by atoms with Crippen LogP contribution in [0.25, 0.3) is 0 Å². The first kappa shape index (κ1) is 21.1. The minimum Gasteiger partial charge on any atom is -0.381 e. The summed E-state index contributed by atoms with van der Waals surface area (Å²) in [7, 11) is 0. The number of rotatable bonds is 7. The van der Waals surface area contributed by atoms with Crippen molar-refractivity contribution in [3.63, 3.8) is 0 Å². The van der Waals surface area contributed by atoms with E-state index >= 15 is 0 Å². The molecule has 3 fully saturated rings. The number of amides is 3. The molecule has 3 amide bonds. The van der Waals surface area contributed by atoms with E-state index in [4.69, 9.17) is 4.74 Å². The van der Waals surface area contributed by atoms with Crippen LogP contribution in [0.5, 0.6) is 0 Å². The molecule has 0 unspecified atom stereocenters. The lowest BCUT2D eigenvalue weighted by Crippen LogP contribution is -2.46. The van der Waals surface area contributed by atoms with Crippen molar-refractivity contribution >= 4 is 17.7 Å². The van der Waals surface area contributed by atoms with Gasteiger partial charge in [0.2, 0.25) is 17.7 Å². The van der Waals surface area contributed by atoms with Gasteiger partial charge in [-0.15, -0.1) is 0 Å². The van der Waals surface area contributed by atoms with Crippen LogP contribution in [0, 0.1) is 5.92 Å². The largest absolute Gasteiger partial charge is 0.381 e. The zero-order valence-electron chi connectivity index (χ0n) is 17.2. The summed E-state index contributed by atoms with van der Waals surface area (Å²) in [6, 6.07) is 0.257. The van der Waals surface area contributed by atoms with E-state index in [9.17, 15) is 14.4 Å². The van der Waals surface area contributed by atoms with E-state index < -0.39 is 0 Å². The maximum Gasteiger partial charge on any atom is 0.223 e. The summed E-state index contributed by atoms with van der Waals surface area (Å²) in [5.74, 6) is 0.984. The maximum atomic E-state index is 13.1. The highest BCUT2D eigenvalue weighted by Crippen LogP contribution is 2.24. The Bertz CT molecular complexity index is 554. The Labute approximate surface area is 168 Å². The van der Waals surface area contributed by atoms with Gasteiger partial charge in [0.1, 0.15) is 0 Å². The molecule has 3 aliphatic heterocycles. The van der Waals surface area contributed by atoms with Crippen LogP contribution in [0.15, 0.2) is 0 Å². The van der Waals surface area contributed by atoms with Crippen molar-refractivity contribution in [3.05, 3.63) is 0 Å². The summed E-state index contributed by atoms with van der Waals surface area (Å²) >= 11 is 0. The van der Waals surface area contributed by atoms with E-state index in [1.54, 1.807) is 6.92 Å². The van der Waals surface area contributed by atoms with E-state index in [1.807, 2.05) is 9.80 Å². The maximum absolute atomic E-state index is 13.1. The van der Waals surface area contributed by atoms with Gasteiger partial charge in [-0.25, -0.2) is 0 Å². The Morgan fingerprint density at radius 1 is 1.11 bits per heavy atom. The summed E-state index contributed by atoms with van der Waals surface area (Å²) < 4.78 is 5.49. The van der Waals surface area contributed by atoms with E-state index in [0.29, 0.717) is 18.8 Å².